The molecule has 0 saturated heterocycles. The molecular formula is C4H11PS. The van der Waals surface area contributed by atoms with Gasteiger partial charge < -0.3 is 0 Å². The Balaban J connectivity index is 2.75. The fraction of sp³-hybridized carbons (Fsp3) is 1.00. The van der Waals surface area contributed by atoms with Crippen LogP contribution in [0.2, 0.25) is 0 Å². The van der Waals surface area contributed by atoms with Gasteiger partial charge in [0.1, 0.15) is 0 Å². The minimum Gasteiger partial charge on any atom is -0.151 e. The SMILES string of the molecule is CCP(S)CC. The van der Waals surface area contributed by atoms with E-state index in [9.17, 15) is 0 Å². The number of rotatable bonds is 2. The van der Waals surface area contributed by atoms with Crippen LogP contribution in [-0.2, 0) is 0 Å². The minimum absolute atomic E-state index is 0.118. The summed E-state index contributed by atoms with van der Waals surface area (Å²) in [6, 6.07) is 0. The van der Waals surface area contributed by atoms with Gasteiger partial charge >= 0.3 is 0 Å². The smallest absolute Gasteiger partial charge is 0.0264 e. The first kappa shape index (κ1) is 6.78. The average molecular weight is 122 g/mol. The molecule has 0 unspecified atom stereocenters. The fourth-order valence-corrected chi connectivity index (χ4v) is 0.671. The fourth-order valence-electron chi connectivity index (χ4n) is 0.224. The van der Waals surface area contributed by atoms with Crippen LogP contribution < -0.4 is 0 Å². The topological polar surface area (TPSA) is 0 Å². The highest BCUT2D eigenvalue weighted by Crippen LogP contribution is 2.38. The second kappa shape index (κ2) is 3.95. The molecule has 0 aliphatic heterocycles. The van der Waals surface area contributed by atoms with Gasteiger partial charge in [0.2, 0.25) is 0 Å². The van der Waals surface area contributed by atoms with Crippen LogP contribution in [-0.4, -0.2) is 12.3 Å². The van der Waals surface area contributed by atoms with Gasteiger partial charge in [-0.25, -0.2) is 0 Å². The summed E-state index contributed by atoms with van der Waals surface area (Å²) < 4.78 is 0. The van der Waals surface area contributed by atoms with Gasteiger partial charge in [0, 0.05) is 0 Å². The van der Waals surface area contributed by atoms with Gasteiger partial charge in [0.15, 0.2) is 0 Å². The molecule has 0 spiro atoms. The molecule has 2 heteroatoms. The standard InChI is InChI=1S/C4H11PS/c1-3-5(6)4-2/h6H,3-4H2,1-2H3. The van der Waals surface area contributed by atoms with Crippen molar-refractivity contribution in [1.82, 2.24) is 0 Å². The molecular weight excluding hydrogens is 111 g/mol. The molecule has 0 saturated carbocycles. The third kappa shape index (κ3) is 2.99. The monoisotopic (exact) mass is 122 g/mol. The van der Waals surface area contributed by atoms with E-state index >= 15 is 0 Å². The Kier molecular flexibility index (Phi) is 4.47. The molecule has 0 bridgehead atoms. The second-order valence-electron chi connectivity index (χ2n) is 1.14. The second-order valence-corrected chi connectivity index (χ2v) is 5.11. The lowest BCUT2D eigenvalue weighted by atomic mass is 11.0. The van der Waals surface area contributed by atoms with Crippen LogP contribution in [0.4, 0.5) is 0 Å². The van der Waals surface area contributed by atoms with E-state index in [0.29, 0.717) is 0 Å². The summed E-state index contributed by atoms with van der Waals surface area (Å²) in [5.41, 5.74) is 0. The zero-order valence-electron chi connectivity index (χ0n) is 4.31. The van der Waals surface area contributed by atoms with Crippen LogP contribution in [0.1, 0.15) is 13.8 Å². The normalized spacial score (nSPS) is 10.0. The quantitative estimate of drug-likeness (QED) is 0.422. The molecule has 0 fully saturated rings. The highest BCUT2D eigenvalue weighted by Gasteiger charge is 1.88. The molecule has 38 valence electrons. The Labute approximate surface area is 46.2 Å². The molecule has 6 heavy (non-hydrogen) atoms. The number of hydrogen-bond donors (Lipinski definition) is 1. The van der Waals surface area contributed by atoms with E-state index in [-0.39, 0.29) is 7.12 Å². The Hall–Kier alpha value is 0.780. The summed E-state index contributed by atoms with van der Waals surface area (Å²) in [5, 5.41) is 0. The van der Waals surface area contributed by atoms with E-state index in [1.54, 1.807) is 0 Å². The average Bonchev–Trinajstić information content (AvgIpc) is 1.65. The highest BCUT2D eigenvalue weighted by molar-refractivity contribution is 8.45. The first-order valence-corrected chi connectivity index (χ1v) is 5.11. The van der Waals surface area contributed by atoms with Crippen molar-refractivity contribution in [2.24, 2.45) is 0 Å². The summed E-state index contributed by atoms with van der Waals surface area (Å²) in [5.74, 6) is 0. The zero-order valence-corrected chi connectivity index (χ0v) is 6.10. The first-order chi connectivity index (χ1) is 2.81. The molecule has 0 nitrogen and oxygen atoms in total. The molecule has 0 aliphatic carbocycles. The van der Waals surface area contributed by atoms with E-state index in [2.05, 4.69) is 26.1 Å². The summed E-state index contributed by atoms with van der Waals surface area (Å²) >= 11 is 4.29. The van der Waals surface area contributed by atoms with Gasteiger partial charge in [0.05, 0.1) is 0 Å². The summed E-state index contributed by atoms with van der Waals surface area (Å²) in [4.78, 5) is 0. The lowest BCUT2D eigenvalue weighted by molar-refractivity contribution is 1.44. The van der Waals surface area contributed by atoms with Crippen LogP contribution >= 0.6 is 19.4 Å². The van der Waals surface area contributed by atoms with Gasteiger partial charge in [-0.15, -0.1) is 0 Å². The maximum atomic E-state index is 4.29. The van der Waals surface area contributed by atoms with E-state index < -0.39 is 0 Å². The van der Waals surface area contributed by atoms with Crippen LogP contribution in [0.25, 0.3) is 0 Å². The molecule has 0 amide bonds. The van der Waals surface area contributed by atoms with Gasteiger partial charge in [-0.2, -0.15) is 12.2 Å². The van der Waals surface area contributed by atoms with Gasteiger partial charge in [-0.05, 0) is 12.3 Å². The Morgan fingerprint density at radius 1 is 1.33 bits per heavy atom. The van der Waals surface area contributed by atoms with Gasteiger partial charge in [0.25, 0.3) is 0 Å². The summed E-state index contributed by atoms with van der Waals surface area (Å²) in [6.07, 6.45) is 2.52. The van der Waals surface area contributed by atoms with Crippen molar-refractivity contribution in [2.45, 2.75) is 13.8 Å². The third-order valence-electron chi connectivity index (χ3n) is 0.730. The van der Waals surface area contributed by atoms with Crippen molar-refractivity contribution in [1.29, 1.82) is 0 Å². The first-order valence-electron chi connectivity index (χ1n) is 2.25. The summed E-state index contributed by atoms with van der Waals surface area (Å²) in [7, 11) is 0.118. The molecule has 0 aromatic heterocycles. The predicted octanol–water partition coefficient (Wildman–Crippen LogP) is 2.35. The molecule has 0 aliphatic rings. The molecule has 0 N–H and O–H groups in total. The van der Waals surface area contributed by atoms with E-state index in [1.165, 1.54) is 12.3 Å². The zero-order chi connectivity index (χ0) is 4.99. The lowest BCUT2D eigenvalue weighted by Crippen LogP contribution is -1.69. The Bertz CT molecular complexity index is 26.7. The van der Waals surface area contributed by atoms with Crippen LogP contribution in [0.15, 0.2) is 0 Å². The molecule has 0 atom stereocenters. The van der Waals surface area contributed by atoms with Crippen molar-refractivity contribution in [2.75, 3.05) is 12.3 Å². The molecule has 0 radical (unpaired) electrons. The van der Waals surface area contributed by atoms with Crippen molar-refractivity contribution in [3.63, 3.8) is 0 Å². The third-order valence-corrected chi connectivity index (χ3v) is 3.89. The number of thiol groups is 1. The lowest BCUT2D eigenvalue weighted by Gasteiger charge is -1.98. The molecule has 0 aromatic carbocycles. The van der Waals surface area contributed by atoms with Crippen LogP contribution in [0.5, 0.6) is 0 Å². The minimum atomic E-state index is 0.118. The van der Waals surface area contributed by atoms with E-state index in [1.807, 2.05) is 0 Å². The maximum Gasteiger partial charge on any atom is -0.0264 e. The molecule has 0 heterocycles. The maximum absolute atomic E-state index is 4.29. The molecule has 0 aromatic rings. The van der Waals surface area contributed by atoms with Crippen molar-refractivity contribution >= 4 is 19.4 Å². The van der Waals surface area contributed by atoms with Crippen LogP contribution in [0, 0.1) is 0 Å². The summed E-state index contributed by atoms with van der Waals surface area (Å²) in [6.45, 7) is 4.37. The van der Waals surface area contributed by atoms with Crippen molar-refractivity contribution in [3.8, 4) is 0 Å². The van der Waals surface area contributed by atoms with Crippen molar-refractivity contribution < 1.29 is 0 Å². The van der Waals surface area contributed by atoms with Gasteiger partial charge in [-0.3, -0.25) is 0 Å². The van der Waals surface area contributed by atoms with Crippen molar-refractivity contribution in [3.05, 3.63) is 0 Å². The predicted molar refractivity (Wildman–Crippen MR) is 37.0 cm³/mol. The Morgan fingerprint density at radius 3 is 1.67 bits per heavy atom. The Morgan fingerprint density at radius 2 is 1.67 bits per heavy atom. The van der Waals surface area contributed by atoms with E-state index in [0.717, 1.165) is 0 Å². The van der Waals surface area contributed by atoms with Crippen LogP contribution in [0.3, 0.4) is 0 Å². The van der Waals surface area contributed by atoms with E-state index in [4.69, 9.17) is 0 Å². The van der Waals surface area contributed by atoms with Gasteiger partial charge in [-0.1, -0.05) is 21.0 Å². The largest absolute Gasteiger partial charge is 0.151 e. The number of hydrogen-bond acceptors (Lipinski definition) is 1. The molecule has 0 rings (SSSR count). The highest BCUT2D eigenvalue weighted by atomic mass is 32.7.